The van der Waals surface area contributed by atoms with E-state index in [1.807, 2.05) is 0 Å². The van der Waals surface area contributed by atoms with Crippen LogP contribution < -0.4 is 4.90 Å². The largest absolute Gasteiger partial charge is 0.481 e. The first-order valence-corrected chi connectivity index (χ1v) is 6.46. The first kappa shape index (κ1) is 15.2. The Kier molecular flexibility index (Phi) is 4.37. The van der Waals surface area contributed by atoms with Crippen molar-refractivity contribution in [3.05, 3.63) is 34.1 Å². The van der Waals surface area contributed by atoms with Crippen molar-refractivity contribution in [3.63, 3.8) is 0 Å². The molecule has 114 valence electrons. The zero-order valence-corrected chi connectivity index (χ0v) is 11.4. The van der Waals surface area contributed by atoms with Crippen LogP contribution in [0.25, 0.3) is 0 Å². The van der Waals surface area contributed by atoms with Crippen molar-refractivity contribution < 1.29 is 24.0 Å². The fourth-order valence-electron chi connectivity index (χ4n) is 2.52. The molecular formula is C13H15FN2O5. The molecule has 1 N–H and O–H groups in total. The van der Waals surface area contributed by atoms with Gasteiger partial charge in [0.1, 0.15) is 11.7 Å². The van der Waals surface area contributed by atoms with Gasteiger partial charge in [0.15, 0.2) is 0 Å². The summed E-state index contributed by atoms with van der Waals surface area (Å²) in [6.45, 7) is 2.43. The van der Waals surface area contributed by atoms with Gasteiger partial charge in [0.2, 0.25) is 0 Å². The zero-order valence-electron chi connectivity index (χ0n) is 11.4. The molecule has 1 aromatic carbocycles. The third-order valence-electron chi connectivity index (χ3n) is 3.52. The lowest BCUT2D eigenvalue weighted by molar-refractivity contribution is -0.385. The highest BCUT2D eigenvalue weighted by molar-refractivity contribution is 5.72. The Labute approximate surface area is 120 Å². The normalized spacial score (nSPS) is 21.2. The molecule has 1 saturated heterocycles. The number of nitrogens with zero attached hydrogens (tertiary/aromatic N) is 2. The second-order valence-electron chi connectivity index (χ2n) is 4.76. The minimum Gasteiger partial charge on any atom is -0.481 e. The Morgan fingerprint density at radius 3 is 2.81 bits per heavy atom. The van der Waals surface area contributed by atoms with Gasteiger partial charge in [-0.2, -0.15) is 0 Å². The lowest BCUT2D eigenvalue weighted by Gasteiger charge is -2.31. The smallest absolute Gasteiger partial charge is 0.311 e. The summed E-state index contributed by atoms with van der Waals surface area (Å²) in [4.78, 5) is 23.0. The molecule has 1 aliphatic heterocycles. The summed E-state index contributed by atoms with van der Waals surface area (Å²) in [5.74, 6) is -2.47. The predicted octanol–water partition coefficient (Wildman–Crippen LogP) is 1.66. The summed E-state index contributed by atoms with van der Waals surface area (Å²) in [7, 11) is 0. The molecule has 1 aromatic rings. The molecule has 8 heteroatoms. The lowest BCUT2D eigenvalue weighted by Crippen LogP contribution is -2.43. The monoisotopic (exact) mass is 298 g/mol. The van der Waals surface area contributed by atoms with Gasteiger partial charge in [0.05, 0.1) is 30.2 Å². The van der Waals surface area contributed by atoms with E-state index in [4.69, 9.17) is 4.74 Å². The number of nitro benzene ring substituents is 1. The highest BCUT2D eigenvalue weighted by atomic mass is 19.1. The van der Waals surface area contributed by atoms with Gasteiger partial charge < -0.3 is 14.7 Å². The van der Waals surface area contributed by atoms with E-state index < -0.39 is 28.7 Å². The number of ether oxygens (including phenoxy) is 1. The molecule has 2 unspecified atom stereocenters. The van der Waals surface area contributed by atoms with Crippen LogP contribution in [0.3, 0.4) is 0 Å². The third-order valence-corrected chi connectivity index (χ3v) is 3.52. The predicted molar refractivity (Wildman–Crippen MR) is 71.8 cm³/mol. The van der Waals surface area contributed by atoms with Gasteiger partial charge >= 0.3 is 5.97 Å². The zero-order chi connectivity index (χ0) is 15.6. The van der Waals surface area contributed by atoms with E-state index >= 15 is 0 Å². The Bertz CT molecular complexity index is 565. The molecule has 1 aliphatic rings. The van der Waals surface area contributed by atoms with Gasteiger partial charge in [-0.15, -0.1) is 0 Å². The van der Waals surface area contributed by atoms with Crippen molar-refractivity contribution in [2.75, 3.05) is 24.7 Å². The Balaban J connectivity index is 2.37. The molecule has 0 bridgehead atoms. The number of hydrogen-bond acceptors (Lipinski definition) is 5. The maximum absolute atomic E-state index is 13.5. The molecule has 7 nitrogen and oxygen atoms in total. The van der Waals surface area contributed by atoms with E-state index in [-0.39, 0.29) is 24.6 Å². The quantitative estimate of drug-likeness (QED) is 0.656. The van der Waals surface area contributed by atoms with E-state index in [9.17, 15) is 24.4 Å². The maximum atomic E-state index is 13.5. The Morgan fingerprint density at radius 1 is 1.52 bits per heavy atom. The molecule has 21 heavy (non-hydrogen) atoms. The minimum atomic E-state index is -0.998. The van der Waals surface area contributed by atoms with Crippen molar-refractivity contribution in [2.24, 2.45) is 5.92 Å². The van der Waals surface area contributed by atoms with Gasteiger partial charge in [-0.05, 0) is 13.0 Å². The number of rotatable bonds is 5. The third kappa shape index (κ3) is 3.10. The van der Waals surface area contributed by atoms with Crippen LogP contribution in [-0.4, -0.2) is 41.8 Å². The van der Waals surface area contributed by atoms with Gasteiger partial charge in [-0.1, -0.05) is 0 Å². The molecule has 2 rings (SSSR count). The number of hydrogen-bond donors (Lipinski definition) is 1. The number of carboxylic acids is 1. The Morgan fingerprint density at radius 2 is 2.24 bits per heavy atom. The van der Waals surface area contributed by atoms with Crippen LogP contribution in [0.15, 0.2) is 18.2 Å². The molecule has 0 amide bonds. The molecule has 0 saturated carbocycles. The second-order valence-corrected chi connectivity index (χ2v) is 4.76. The number of anilines is 1. The molecule has 1 fully saturated rings. The SMILES string of the molecule is CCN(c1cc(F)cc([N+](=O)[O-])c1)C1COCC1C(=O)O. The van der Waals surface area contributed by atoms with Crippen LogP contribution in [0.5, 0.6) is 0 Å². The molecule has 1 heterocycles. The van der Waals surface area contributed by atoms with Crippen LogP contribution in [0.4, 0.5) is 15.8 Å². The summed E-state index contributed by atoms with van der Waals surface area (Å²) in [6.07, 6.45) is 0. The van der Waals surface area contributed by atoms with Crippen LogP contribution >= 0.6 is 0 Å². The number of halogens is 1. The number of carboxylic acid groups (broad SMARTS) is 1. The second kappa shape index (κ2) is 6.04. The van der Waals surface area contributed by atoms with Gasteiger partial charge in [0.25, 0.3) is 5.69 Å². The molecule has 2 atom stereocenters. The number of non-ortho nitro benzene ring substituents is 1. The van der Waals surface area contributed by atoms with E-state index in [0.717, 1.165) is 12.1 Å². The van der Waals surface area contributed by atoms with Crippen molar-refractivity contribution >= 4 is 17.3 Å². The molecule has 0 aromatic heterocycles. The van der Waals surface area contributed by atoms with E-state index in [1.165, 1.54) is 6.07 Å². The number of aliphatic carboxylic acids is 1. The Hall–Kier alpha value is -2.22. The van der Waals surface area contributed by atoms with Crippen LogP contribution in [0.1, 0.15) is 6.92 Å². The number of benzene rings is 1. The highest BCUT2D eigenvalue weighted by Gasteiger charge is 2.38. The number of carbonyl (C=O) groups is 1. The molecule has 0 radical (unpaired) electrons. The van der Waals surface area contributed by atoms with E-state index in [0.29, 0.717) is 6.54 Å². The molecule has 0 spiro atoms. The first-order valence-electron chi connectivity index (χ1n) is 6.46. The molecular weight excluding hydrogens is 283 g/mol. The van der Waals surface area contributed by atoms with Crippen LogP contribution in [0.2, 0.25) is 0 Å². The van der Waals surface area contributed by atoms with E-state index in [1.54, 1.807) is 11.8 Å². The van der Waals surface area contributed by atoms with Crippen molar-refractivity contribution in [1.82, 2.24) is 0 Å². The fourth-order valence-corrected chi connectivity index (χ4v) is 2.52. The summed E-state index contributed by atoms with van der Waals surface area (Å²) in [6, 6.07) is 2.75. The fraction of sp³-hybridized carbons (Fsp3) is 0.462. The topological polar surface area (TPSA) is 92.9 Å². The van der Waals surface area contributed by atoms with E-state index in [2.05, 4.69) is 0 Å². The van der Waals surface area contributed by atoms with Crippen LogP contribution in [0, 0.1) is 21.8 Å². The summed E-state index contributed by atoms with van der Waals surface area (Å²) < 4.78 is 18.7. The lowest BCUT2D eigenvalue weighted by atomic mass is 10.0. The van der Waals surface area contributed by atoms with Gasteiger partial charge in [0, 0.05) is 18.3 Å². The standard InChI is InChI=1S/C13H15FN2O5/c1-2-15(12-7-21-6-11(12)13(17)18)9-3-8(14)4-10(5-9)16(19)20/h3-5,11-12H,2,6-7H2,1H3,(H,17,18). The maximum Gasteiger partial charge on any atom is 0.311 e. The number of nitro groups is 1. The summed E-state index contributed by atoms with van der Waals surface area (Å²) in [5.41, 5.74) is -0.0832. The van der Waals surface area contributed by atoms with Crippen molar-refractivity contribution in [2.45, 2.75) is 13.0 Å². The van der Waals surface area contributed by atoms with Gasteiger partial charge in [-0.3, -0.25) is 14.9 Å². The average molecular weight is 298 g/mol. The number of likely N-dealkylation sites (N-methyl/N-ethyl adjacent to an activating group) is 1. The van der Waals surface area contributed by atoms with Crippen LogP contribution in [-0.2, 0) is 9.53 Å². The summed E-state index contributed by atoms with van der Waals surface area (Å²) >= 11 is 0. The first-order chi connectivity index (χ1) is 9.93. The molecule has 0 aliphatic carbocycles. The van der Waals surface area contributed by atoms with Gasteiger partial charge in [-0.25, -0.2) is 4.39 Å². The van der Waals surface area contributed by atoms with Crippen molar-refractivity contribution in [3.8, 4) is 0 Å². The average Bonchev–Trinajstić information content (AvgIpc) is 2.88. The minimum absolute atomic E-state index is 0.0773. The highest BCUT2D eigenvalue weighted by Crippen LogP contribution is 2.29. The summed E-state index contributed by atoms with van der Waals surface area (Å²) in [5, 5.41) is 20.0. The van der Waals surface area contributed by atoms with Crippen molar-refractivity contribution in [1.29, 1.82) is 0 Å².